The number of nitrogens with one attached hydrogen (secondary N) is 2. The summed E-state index contributed by atoms with van der Waals surface area (Å²) in [6.45, 7) is 6.80. The predicted molar refractivity (Wildman–Crippen MR) is 133 cm³/mol. The van der Waals surface area contributed by atoms with Crippen molar-refractivity contribution in [1.82, 2.24) is 0 Å². The number of anilines is 2. The van der Waals surface area contributed by atoms with E-state index in [2.05, 4.69) is 57.8 Å². The first-order valence-corrected chi connectivity index (χ1v) is 11.3. The van der Waals surface area contributed by atoms with Gasteiger partial charge in [-0.3, -0.25) is 4.79 Å². The van der Waals surface area contributed by atoms with Gasteiger partial charge in [-0.1, -0.05) is 59.6 Å². The first kappa shape index (κ1) is 23.7. The van der Waals surface area contributed by atoms with E-state index in [-0.39, 0.29) is 11.8 Å². The Bertz CT molecular complexity index is 1050. The molecule has 1 amide bonds. The van der Waals surface area contributed by atoms with E-state index in [1.165, 1.54) is 5.56 Å². The number of carbonyl (C=O) groups excluding carboxylic acids is 1. The minimum Gasteiger partial charge on any atom is -0.493 e. The topological polar surface area (TPSA) is 59.6 Å². The third-order valence-electron chi connectivity index (χ3n) is 5.04. The van der Waals surface area contributed by atoms with Crippen molar-refractivity contribution in [2.45, 2.75) is 33.9 Å². The summed E-state index contributed by atoms with van der Waals surface area (Å²) in [4.78, 5) is 11.9. The Morgan fingerprint density at radius 2 is 1.62 bits per heavy atom. The van der Waals surface area contributed by atoms with Crippen LogP contribution in [0.4, 0.5) is 11.4 Å². The Kier molecular flexibility index (Phi) is 8.17. The molecule has 0 radical (unpaired) electrons. The number of hydrogen-bond donors (Lipinski definition) is 2. The zero-order chi connectivity index (χ0) is 23.1. The third-order valence-corrected chi connectivity index (χ3v) is 5.78. The summed E-state index contributed by atoms with van der Waals surface area (Å²) in [6, 6.07) is 19.8. The molecule has 0 fully saturated rings. The maximum Gasteiger partial charge on any atom is 0.226 e. The number of hydrogen-bond acceptors (Lipinski definition) is 4. The van der Waals surface area contributed by atoms with Crippen LogP contribution in [0.5, 0.6) is 11.5 Å². The molecule has 3 rings (SSSR count). The van der Waals surface area contributed by atoms with Gasteiger partial charge in [-0.25, -0.2) is 0 Å². The van der Waals surface area contributed by atoms with Gasteiger partial charge in [0.2, 0.25) is 5.91 Å². The third kappa shape index (κ3) is 6.26. The van der Waals surface area contributed by atoms with Crippen molar-refractivity contribution in [3.63, 3.8) is 0 Å². The minimum absolute atomic E-state index is 0.00128. The van der Waals surface area contributed by atoms with Crippen molar-refractivity contribution in [2.24, 2.45) is 5.92 Å². The van der Waals surface area contributed by atoms with E-state index in [4.69, 9.17) is 9.47 Å². The first-order chi connectivity index (χ1) is 15.4. The normalized spacial score (nSPS) is 10.7. The molecule has 0 aliphatic rings. The number of amides is 1. The second kappa shape index (κ2) is 11.0. The van der Waals surface area contributed by atoms with Crippen LogP contribution < -0.4 is 20.1 Å². The van der Waals surface area contributed by atoms with E-state index in [1.54, 1.807) is 7.11 Å². The molecular formula is C26H29BrN2O3. The van der Waals surface area contributed by atoms with E-state index >= 15 is 0 Å². The smallest absolute Gasteiger partial charge is 0.226 e. The molecule has 168 valence electrons. The van der Waals surface area contributed by atoms with Gasteiger partial charge in [-0.15, -0.1) is 0 Å². The maximum absolute atomic E-state index is 11.9. The molecule has 3 aromatic rings. The molecule has 6 heteroatoms. The Balaban J connectivity index is 1.72. The molecule has 0 heterocycles. The Morgan fingerprint density at radius 3 is 2.25 bits per heavy atom. The fourth-order valence-electron chi connectivity index (χ4n) is 3.05. The fourth-order valence-corrected chi connectivity index (χ4v) is 3.51. The monoisotopic (exact) mass is 496 g/mol. The summed E-state index contributed by atoms with van der Waals surface area (Å²) < 4.78 is 12.7. The van der Waals surface area contributed by atoms with Crippen molar-refractivity contribution in [2.75, 3.05) is 17.7 Å². The van der Waals surface area contributed by atoms with Crippen molar-refractivity contribution in [1.29, 1.82) is 0 Å². The van der Waals surface area contributed by atoms with Crippen LogP contribution in [0.15, 0.2) is 65.1 Å². The Labute approximate surface area is 198 Å². The first-order valence-electron chi connectivity index (χ1n) is 10.6. The molecule has 0 aliphatic carbocycles. The van der Waals surface area contributed by atoms with Crippen LogP contribution in [0.1, 0.15) is 30.5 Å². The molecule has 3 aromatic carbocycles. The summed E-state index contributed by atoms with van der Waals surface area (Å²) >= 11 is 3.65. The zero-order valence-corrected chi connectivity index (χ0v) is 20.5. The number of benzene rings is 3. The number of methoxy groups -OCH3 is 1. The highest BCUT2D eigenvalue weighted by molar-refractivity contribution is 9.10. The quantitative estimate of drug-likeness (QED) is 0.352. The molecule has 0 spiro atoms. The lowest BCUT2D eigenvalue weighted by atomic mass is 10.1. The maximum atomic E-state index is 11.9. The molecular weight excluding hydrogens is 468 g/mol. The van der Waals surface area contributed by atoms with Gasteiger partial charge in [0.25, 0.3) is 0 Å². The second-order valence-corrected chi connectivity index (χ2v) is 8.76. The number of ether oxygens (including phenoxy) is 2. The van der Waals surface area contributed by atoms with Crippen LogP contribution in [0.25, 0.3) is 0 Å². The van der Waals surface area contributed by atoms with Crippen molar-refractivity contribution < 1.29 is 14.3 Å². The van der Waals surface area contributed by atoms with Gasteiger partial charge in [-0.2, -0.15) is 0 Å². The summed E-state index contributed by atoms with van der Waals surface area (Å²) in [5.74, 6) is 1.33. The van der Waals surface area contributed by atoms with Crippen LogP contribution >= 0.6 is 15.9 Å². The molecule has 0 bridgehead atoms. The van der Waals surface area contributed by atoms with Gasteiger partial charge < -0.3 is 20.1 Å². The SMILES string of the molecule is COc1ccc(Br)c(CNc2ccc(NC(=O)C(C)C)cc2)c1OCc1ccc(C)cc1. The van der Waals surface area contributed by atoms with E-state index in [1.807, 2.05) is 50.2 Å². The van der Waals surface area contributed by atoms with Crippen LogP contribution in [0.2, 0.25) is 0 Å². The van der Waals surface area contributed by atoms with E-state index in [0.717, 1.165) is 27.0 Å². The molecule has 0 atom stereocenters. The van der Waals surface area contributed by atoms with Gasteiger partial charge in [0.15, 0.2) is 11.5 Å². The summed E-state index contributed by atoms with van der Waals surface area (Å²) in [5, 5.41) is 6.32. The average molecular weight is 497 g/mol. The molecule has 5 nitrogen and oxygen atoms in total. The Morgan fingerprint density at radius 1 is 0.969 bits per heavy atom. The van der Waals surface area contributed by atoms with Crippen LogP contribution in [-0.2, 0) is 17.9 Å². The molecule has 0 saturated carbocycles. The largest absolute Gasteiger partial charge is 0.493 e. The van der Waals surface area contributed by atoms with Crippen LogP contribution in [0.3, 0.4) is 0 Å². The average Bonchev–Trinajstić information content (AvgIpc) is 2.79. The number of rotatable bonds is 9. The van der Waals surface area contributed by atoms with E-state index in [0.29, 0.717) is 24.7 Å². The molecule has 0 aromatic heterocycles. The van der Waals surface area contributed by atoms with Crippen molar-refractivity contribution in [3.8, 4) is 11.5 Å². The van der Waals surface area contributed by atoms with Gasteiger partial charge in [0, 0.05) is 33.9 Å². The lowest BCUT2D eigenvalue weighted by Gasteiger charge is -2.18. The lowest BCUT2D eigenvalue weighted by Crippen LogP contribution is -2.17. The highest BCUT2D eigenvalue weighted by Gasteiger charge is 2.15. The molecule has 2 N–H and O–H groups in total. The highest BCUT2D eigenvalue weighted by Crippen LogP contribution is 2.37. The standard InChI is InChI=1S/C26H29BrN2O3/c1-17(2)26(30)29-21-11-9-20(10-12-21)28-15-22-23(27)13-14-24(31-4)25(22)32-16-19-7-5-18(3)6-8-19/h5-14,17,28H,15-16H2,1-4H3,(H,29,30). The van der Waals surface area contributed by atoms with Gasteiger partial charge >= 0.3 is 0 Å². The predicted octanol–water partition coefficient (Wildman–Crippen LogP) is 6.55. The fraction of sp³-hybridized carbons (Fsp3) is 0.269. The molecule has 0 saturated heterocycles. The molecule has 32 heavy (non-hydrogen) atoms. The van der Waals surface area contributed by atoms with Gasteiger partial charge in [-0.05, 0) is 48.9 Å². The zero-order valence-electron chi connectivity index (χ0n) is 18.9. The summed E-state index contributed by atoms with van der Waals surface area (Å²) in [6.07, 6.45) is 0. The van der Waals surface area contributed by atoms with E-state index in [9.17, 15) is 4.79 Å². The number of aryl methyl sites for hydroxylation is 1. The number of carbonyl (C=O) groups is 1. The summed E-state index contributed by atoms with van der Waals surface area (Å²) in [7, 11) is 1.64. The molecule has 0 aliphatic heterocycles. The van der Waals surface area contributed by atoms with Gasteiger partial charge in [0.05, 0.1) is 7.11 Å². The van der Waals surface area contributed by atoms with Crippen molar-refractivity contribution in [3.05, 3.63) is 81.8 Å². The summed E-state index contributed by atoms with van der Waals surface area (Å²) in [5.41, 5.74) is 4.99. The molecule has 0 unspecified atom stereocenters. The van der Waals surface area contributed by atoms with Gasteiger partial charge in [0.1, 0.15) is 6.61 Å². The highest BCUT2D eigenvalue weighted by atomic mass is 79.9. The Hall–Kier alpha value is -2.99. The van der Waals surface area contributed by atoms with Crippen LogP contribution in [0, 0.1) is 12.8 Å². The van der Waals surface area contributed by atoms with Crippen LogP contribution in [-0.4, -0.2) is 13.0 Å². The van der Waals surface area contributed by atoms with E-state index < -0.39 is 0 Å². The van der Waals surface area contributed by atoms with Crippen molar-refractivity contribution >= 4 is 33.2 Å². The lowest BCUT2D eigenvalue weighted by molar-refractivity contribution is -0.118. The second-order valence-electron chi connectivity index (χ2n) is 7.91. The minimum atomic E-state index is -0.0588. The number of halogens is 1.